The minimum absolute atomic E-state index is 0.0963. The van der Waals surface area contributed by atoms with Gasteiger partial charge in [0.05, 0.1) is 5.02 Å². The van der Waals surface area contributed by atoms with Gasteiger partial charge in [0.15, 0.2) is 5.69 Å². The fourth-order valence-corrected chi connectivity index (χ4v) is 1.89. The number of nitrogens with zero attached hydrogens (tertiary/aromatic N) is 2. The molecule has 0 atom stereocenters. The summed E-state index contributed by atoms with van der Waals surface area (Å²) >= 11 is 17.0. The van der Waals surface area contributed by atoms with Crippen LogP contribution in [0.5, 0.6) is 11.6 Å². The summed E-state index contributed by atoms with van der Waals surface area (Å²) in [5.41, 5.74) is -1.21. The van der Waals surface area contributed by atoms with Crippen LogP contribution >= 0.6 is 34.8 Å². The van der Waals surface area contributed by atoms with E-state index in [1.807, 2.05) is 0 Å². The minimum atomic E-state index is -4.66. The molecular weight excluding hydrogens is 339 g/mol. The first-order chi connectivity index (χ1) is 9.25. The highest BCUT2D eigenvalue weighted by Crippen LogP contribution is 2.34. The minimum Gasteiger partial charge on any atom is -0.437 e. The lowest BCUT2D eigenvalue weighted by Gasteiger charge is -2.10. The number of rotatable bonds is 2. The van der Waals surface area contributed by atoms with Crippen LogP contribution in [-0.2, 0) is 6.18 Å². The van der Waals surface area contributed by atoms with Crippen molar-refractivity contribution < 1.29 is 17.9 Å². The quantitative estimate of drug-likeness (QED) is 0.699. The van der Waals surface area contributed by atoms with Crippen molar-refractivity contribution in [1.82, 2.24) is 9.97 Å². The predicted octanol–water partition coefficient (Wildman–Crippen LogP) is 5.25. The molecule has 0 radical (unpaired) electrons. The van der Waals surface area contributed by atoms with Gasteiger partial charge in [0.25, 0.3) is 0 Å². The van der Waals surface area contributed by atoms with Crippen LogP contribution in [0.1, 0.15) is 5.69 Å². The molecule has 106 valence electrons. The molecule has 9 heteroatoms. The number of benzene rings is 1. The normalized spacial score (nSPS) is 11.5. The zero-order valence-electron chi connectivity index (χ0n) is 9.38. The number of alkyl halides is 3. The van der Waals surface area contributed by atoms with Crippen molar-refractivity contribution >= 4 is 34.8 Å². The van der Waals surface area contributed by atoms with Crippen molar-refractivity contribution in [3.8, 4) is 11.6 Å². The molecule has 3 nitrogen and oxygen atoms in total. The van der Waals surface area contributed by atoms with Crippen LogP contribution in [0.3, 0.4) is 0 Å². The Hall–Kier alpha value is -1.24. The maximum atomic E-state index is 12.6. The zero-order valence-corrected chi connectivity index (χ0v) is 11.6. The Morgan fingerprint density at radius 3 is 2.30 bits per heavy atom. The maximum Gasteiger partial charge on any atom is 0.433 e. The Bertz CT molecular complexity index is 649. The summed E-state index contributed by atoms with van der Waals surface area (Å²) in [5.74, 6) is -0.277. The fraction of sp³-hybridized carbons (Fsp3) is 0.0909. The molecule has 1 heterocycles. The van der Waals surface area contributed by atoms with E-state index < -0.39 is 17.2 Å². The van der Waals surface area contributed by atoms with E-state index in [9.17, 15) is 13.2 Å². The number of halogens is 6. The molecule has 0 spiro atoms. The van der Waals surface area contributed by atoms with Gasteiger partial charge in [-0.1, -0.05) is 23.2 Å². The van der Waals surface area contributed by atoms with Crippen LogP contribution in [0.2, 0.25) is 15.3 Å². The molecule has 0 amide bonds. The van der Waals surface area contributed by atoms with E-state index in [4.69, 9.17) is 39.5 Å². The lowest BCUT2D eigenvalue weighted by Crippen LogP contribution is -2.09. The number of hydrogen-bond acceptors (Lipinski definition) is 3. The third-order valence-electron chi connectivity index (χ3n) is 2.07. The monoisotopic (exact) mass is 342 g/mol. The number of aromatic nitrogens is 2. The smallest absolute Gasteiger partial charge is 0.433 e. The van der Waals surface area contributed by atoms with Crippen LogP contribution < -0.4 is 4.74 Å². The second kappa shape index (κ2) is 5.63. The van der Waals surface area contributed by atoms with E-state index in [0.29, 0.717) is 11.1 Å². The molecule has 0 fully saturated rings. The summed E-state index contributed by atoms with van der Waals surface area (Å²) in [5, 5.41) is -0.0974. The van der Waals surface area contributed by atoms with E-state index in [-0.39, 0.29) is 16.7 Å². The number of ether oxygens (including phenoxy) is 1. The molecule has 2 rings (SSSR count). The molecular formula is C11H4Cl3F3N2O. The van der Waals surface area contributed by atoms with E-state index in [1.165, 1.54) is 18.2 Å². The average Bonchev–Trinajstić information content (AvgIpc) is 2.31. The van der Waals surface area contributed by atoms with E-state index in [0.717, 1.165) is 0 Å². The summed E-state index contributed by atoms with van der Waals surface area (Å²) in [6, 6.07) is 4.87. The second-order valence-electron chi connectivity index (χ2n) is 3.54. The molecule has 1 aromatic carbocycles. The molecule has 0 bridgehead atoms. The van der Waals surface area contributed by atoms with Gasteiger partial charge in [-0.3, -0.25) is 0 Å². The first kappa shape index (κ1) is 15.2. The topological polar surface area (TPSA) is 35.0 Å². The Morgan fingerprint density at radius 2 is 1.70 bits per heavy atom. The highest BCUT2D eigenvalue weighted by atomic mass is 35.5. The maximum absolute atomic E-state index is 12.6. The molecule has 0 aliphatic heterocycles. The Labute approximate surface area is 126 Å². The Kier molecular flexibility index (Phi) is 4.27. The summed E-state index contributed by atoms with van der Waals surface area (Å²) in [7, 11) is 0. The third-order valence-corrected chi connectivity index (χ3v) is 2.77. The Morgan fingerprint density at radius 1 is 1.00 bits per heavy atom. The van der Waals surface area contributed by atoms with Gasteiger partial charge in [-0.25, -0.2) is 4.98 Å². The van der Waals surface area contributed by atoms with Crippen molar-refractivity contribution in [1.29, 1.82) is 0 Å². The number of hydrogen-bond donors (Lipinski definition) is 0. The molecule has 0 aliphatic rings. The van der Waals surface area contributed by atoms with Gasteiger partial charge in [-0.15, -0.1) is 0 Å². The van der Waals surface area contributed by atoms with Crippen molar-refractivity contribution in [2.24, 2.45) is 0 Å². The molecule has 0 unspecified atom stereocenters. The highest BCUT2D eigenvalue weighted by molar-refractivity contribution is 6.35. The van der Waals surface area contributed by atoms with E-state index in [2.05, 4.69) is 9.97 Å². The lowest BCUT2D eigenvalue weighted by atomic mass is 10.3. The van der Waals surface area contributed by atoms with Gasteiger partial charge in [0.2, 0.25) is 11.2 Å². The Balaban J connectivity index is 2.36. The van der Waals surface area contributed by atoms with E-state index in [1.54, 1.807) is 0 Å². The standard InChI is InChI=1S/C11H4Cl3F3N2O/c12-5-1-2-7(6(13)3-5)20-9-4-8(11(15,16)17)18-10(14)19-9/h1-4H. The van der Waals surface area contributed by atoms with Crippen molar-refractivity contribution in [3.63, 3.8) is 0 Å². The average molecular weight is 344 g/mol. The highest BCUT2D eigenvalue weighted by Gasteiger charge is 2.34. The molecule has 0 aliphatic carbocycles. The van der Waals surface area contributed by atoms with Crippen LogP contribution in [-0.4, -0.2) is 9.97 Å². The molecule has 0 saturated heterocycles. The van der Waals surface area contributed by atoms with Crippen LogP contribution in [0.4, 0.5) is 13.2 Å². The van der Waals surface area contributed by atoms with Crippen LogP contribution in [0, 0.1) is 0 Å². The van der Waals surface area contributed by atoms with Crippen molar-refractivity contribution in [2.75, 3.05) is 0 Å². The first-order valence-corrected chi connectivity index (χ1v) is 6.14. The van der Waals surface area contributed by atoms with Gasteiger partial charge < -0.3 is 4.74 Å². The third kappa shape index (κ3) is 3.65. The van der Waals surface area contributed by atoms with Gasteiger partial charge >= 0.3 is 6.18 Å². The van der Waals surface area contributed by atoms with Gasteiger partial charge in [0.1, 0.15) is 5.75 Å². The van der Waals surface area contributed by atoms with E-state index >= 15 is 0 Å². The molecule has 20 heavy (non-hydrogen) atoms. The SMILES string of the molecule is FC(F)(F)c1cc(Oc2ccc(Cl)cc2Cl)nc(Cl)n1. The van der Waals surface area contributed by atoms with Crippen molar-refractivity contribution in [3.05, 3.63) is 45.3 Å². The molecule has 2 aromatic rings. The summed E-state index contributed by atoms with van der Waals surface area (Å²) < 4.78 is 42.9. The summed E-state index contributed by atoms with van der Waals surface area (Å²) in [6.45, 7) is 0. The first-order valence-electron chi connectivity index (χ1n) is 5.00. The van der Waals surface area contributed by atoms with Gasteiger partial charge in [-0.05, 0) is 29.8 Å². The van der Waals surface area contributed by atoms with Crippen LogP contribution in [0.15, 0.2) is 24.3 Å². The van der Waals surface area contributed by atoms with Crippen molar-refractivity contribution in [2.45, 2.75) is 6.18 Å². The molecule has 1 aromatic heterocycles. The second-order valence-corrected chi connectivity index (χ2v) is 4.72. The van der Waals surface area contributed by atoms with Crippen LogP contribution in [0.25, 0.3) is 0 Å². The van der Waals surface area contributed by atoms with Gasteiger partial charge in [0, 0.05) is 11.1 Å². The summed E-state index contributed by atoms with van der Waals surface area (Å²) in [4.78, 5) is 6.63. The molecule has 0 saturated carbocycles. The van der Waals surface area contributed by atoms with Gasteiger partial charge in [-0.2, -0.15) is 18.2 Å². The molecule has 0 N–H and O–H groups in total. The summed E-state index contributed by atoms with van der Waals surface area (Å²) in [6.07, 6.45) is -4.66. The fourth-order valence-electron chi connectivity index (χ4n) is 1.26. The lowest BCUT2D eigenvalue weighted by molar-refractivity contribution is -0.141. The largest absolute Gasteiger partial charge is 0.437 e. The zero-order chi connectivity index (χ0) is 14.9. The predicted molar refractivity (Wildman–Crippen MR) is 68.6 cm³/mol.